The summed E-state index contributed by atoms with van der Waals surface area (Å²) in [5.74, 6) is 0. The molecule has 2 nitrogen and oxygen atoms in total. The molecule has 0 bridgehead atoms. The maximum atomic E-state index is 2.49. The lowest BCUT2D eigenvalue weighted by molar-refractivity contribution is 1.22. The van der Waals surface area contributed by atoms with Gasteiger partial charge in [-0.05, 0) is 156 Å². The molecule has 0 heterocycles. The molecule has 10 aromatic carbocycles. The number of rotatable bonds is 6. The summed E-state index contributed by atoms with van der Waals surface area (Å²) >= 11 is 0. The van der Waals surface area contributed by atoms with Crippen LogP contribution in [0.5, 0.6) is 0 Å². The first-order chi connectivity index (χ1) is 27.3. The fourth-order valence-corrected chi connectivity index (χ4v) is 9.07. The van der Waals surface area contributed by atoms with Gasteiger partial charge in [-0.15, -0.1) is 0 Å². The third-order valence-corrected chi connectivity index (χ3v) is 12.5. The Kier molecular flexibility index (Phi) is 7.87. The Morgan fingerprint density at radius 1 is 0.286 bits per heavy atom. The molecule has 270 valence electrons. The van der Waals surface area contributed by atoms with Crippen molar-refractivity contribution in [1.29, 1.82) is 0 Å². The van der Waals surface area contributed by atoms with Crippen molar-refractivity contribution in [2.45, 2.75) is 41.5 Å². The monoisotopic (exact) mass is 720 g/mol. The minimum atomic E-state index is 1.17. The van der Waals surface area contributed by atoms with Crippen LogP contribution in [0.3, 0.4) is 0 Å². The minimum absolute atomic E-state index is 1.17. The van der Waals surface area contributed by atoms with Crippen LogP contribution in [0.2, 0.25) is 0 Å². The Balaban J connectivity index is 1.28. The predicted octanol–water partition coefficient (Wildman–Crippen LogP) is 15.7. The molecule has 10 rings (SSSR count). The van der Waals surface area contributed by atoms with Crippen molar-refractivity contribution in [2.75, 3.05) is 9.80 Å². The molecule has 0 atom stereocenters. The van der Waals surface area contributed by atoms with Crippen LogP contribution < -0.4 is 9.80 Å². The molecule has 0 spiro atoms. The lowest BCUT2D eigenvalue weighted by Crippen LogP contribution is -2.13. The zero-order valence-corrected chi connectivity index (χ0v) is 32.9. The molecular weight excluding hydrogens is 677 g/mol. The number of fused-ring (bicyclic) bond motifs is 2. The Hall–Kier alpha value is -6.64. The van der Waals surface area contributed by atoms with Gasteiger partial charge in [-0.2, -0.15) is 0 Å². The van der Waals surface area contributed by atoms with E-state index >= 15 is 0 Å². The number of benzene rings is 10. The first kappa shape index (κ1) is 33.9. The van der Waals surface area contributed by atoms with Gasteiger partial charge in [-0.3, -0.25) is 0 Å². The number of hydrogen-bond donors (Lipinski definition) is 0. The van der Waals surface area contributed by atoms with Crippen molar-refractivity contribution < 1.29 is 0 Å². The Bertz CT molecular complexity index is 2900. The van der Waals surface area contributed by atoms with E-state index in [4.69, 9.17) is 0 Å². The smallest absolute Gasteiger partial charge is 0.0540 e. The standard InChI is InChI=1S/C54H44N2/c1-33-29-43(30-34(2)37(33)5)55(49-19-11-15-39-13-7-9-17-45(39)49)51-27-23-41-22-26-48-52(28-24-42-21-25-47(51)53(41)54(42)48)56(44-31-35(3)38(6)36(4)32-44)50-20-12-16-40-14-8-10-18-46(40)50/h7-32H,1-6H3. The molecule has 0 saturated carbocycles. The highest BCUT2D eigenvalue weighted by molar-refractivity contribution is 6.28. The van der Waals surface area contributed by atoms with Gasteiger partial charge >= 0.3 is 0 Å². The summed E-state index contributed by atoms with van der Waals surface area (Å²) in [6, 6.07) is 58.9. The van der Waals surface area contributed by atoms with Gasteiger partial charge in [0.05, 0.1) is 22.7 Å². The molecular formula is C54H44N2. The van der Waals surface area contributed by atoms with Crippen molar-refractivity contribution in [3.05, 3.63) is 191 Å². The summed E-state index contributed by atoms with van der Waals surface area (Å²) in [5.41, 5.74) is 14.9. The van der Waals surface area contributed by atoms with Crippen LogP contribution in [0.4, 0.5) is 34.1 Å². The van der Waals surface area contributed by atoms with Crippen molar-refractivity contribution in [2.24, 2.45) is 0 Å². The van der Waals surface area contributed by atoms with E-state index < -0.39 is 0 Å². The topological polar surface area (TPSA) is 6.48 Å². The molecule has 56 heavy (non-hydrogen) atoms. The highest BCUT2D eigenvalue weighted by Gasteiger charge is 2.24. The van der Waals surface area contributed by atoms with Gasteiger partial charge in [-0.1, -0.05) is 109 Å². The first-order valence-corrected chi connectivity index (χ1v) is 19.7. The SMILES string of the molecule is Cc1cc(N(c2cccc3ccccc23)c2ccc3ccc4c(N(c5cc(C)c(C)c(C)c5)c5cccc6ccccc56)ccc5ccc2c3c54)cc(C)c1C. The van der Waals surface area contributed by atoms with E-state index in [-0.39, 0.29) is 0 Å². The van der Waals surface area contributed by atoms with Crippen LogP contribution >= 0.6 is 0 Å². The zero-order chi connectivity index (χ0) is 38.2. The van der Waals surface area contributed by atoms with E-state index in [9.17, 15) is 0 Å². The highest BCUT2D eigenvalue weighted by Crippen LogP contribution is 2.49. The summed E-state index contributed by atoms with van der Waals surface area (Å²) in [4.78, 5) is 4.99. The van der Waals surface area contributed by atoms with Crippen LogP contribution in [0, 0.1) is 41.5 Å². The average Bonchev–Trinajstić information content (AvgIpc) is 3.22. The summed E-state index contributed by atoms with van der Waals surface area (Å²) in [7, 11) is 0. The van der Waals surface area contributed by atoms with Crippen molar-refractivity contribution in [3.8, 4) is 0 Å². The number of nitrogens with zero attached hydrogens (tertiary/aromatic N) is 2. The van der Waals surface area contributed by atoms with E-state index in [1.807, 2.05) is 0 Å². The maximum Gasteiger partial charge on any atom is 0.0540 e. The molecule has 0 aliphatic carbocycles. The lowest BCUT2D eigenvalue weighted by atomic mass is 9.91. The van der Waals surface area contributed by atoms with Crippen LogP contribution in [-0.4, -0.2) is 0 Å². The molecule has 0 amide bonds. The number of hydrogen-bond acceptors (Lipinski definition) is 2. The van der Waals surface area contributed by atoms with E-state index in [0.29, 0.717) is 0 Å². The largest absolute Gasteiger partial charge is 0.309 e. The van der Waals surface area contributed by atoms with Crippen LogP contribution in [0.1, 0.15) is 33.4 Å². The number of aryl methyl sites for hydroxylation is 4. The molecule has 10 aromatic rings. The van der Waals surface area contributed by atoms with Gasteiger partial charge in [0.1, 0.15) is 0 Å². The normalized spacial score (nSPS) is 11.8. The van der Waals surface area contributed by atoms with Gasteiger partial charge in [0.25, 0.3) is 0 Å². The molecule has 0 saturated heterocycles. The van der Waals surface area contributed by atoms with E-state index in [1.54, 1.807) is 0 Å². The summed E-state index contributed by atoms with van der Waals surface area (Å²) in [6.07, 6.45) is 0. The molecule has 0 N–H and O–H groups in total. The lowest BCUT2D eigenvalue weighted by Gasteiger charge is -2.31. The average molecular weight is 721 g/mol. The zero-order valence-electron chi connectivity index (χ0n) is 32.9. The van der Waals surface area contributed by atoms with Crippen LogP contribution in [-0.2, 0) is 0 Å². The molecule has 0 unspecified atom stereocenters. The Morgan fingerprint density at radius 3 is 1.04 bits per heavy atom. The summed E-state index contributed by atoms with van der Waals surface area (Å²) < 4.78 is 0. The molecule has 0 aromatic heterocycles. The number of anilines is 6. The molecule has 0 fully saturated rings. The quantitative estimate of drug-likeness (QED) is 0.158. The second kappa shape index (κ2) is 13.0. The summed E-state index contributed by atoms with van der Waals surface area (Å²) in [6.45, 7) is 13.4. The first-order valence-electron chi connectivity index (χ1n) is 19.7. The van der Waals surface area contributed by atoms with E-state index in [2.05, 4.69) is 209 Å². The van der Waals surface area contributed by atoms with Crippen molar-refractivity contribution in [1.82, 2.24) is 0 Å². The Morgan fingerprint density at radius 2 is 0.625 bits per heavy atom. The second-order valence-corrected chi connectivity index (χ2v) is 15.7. The minimum Gasteiger partial charge on any atom is -0.309 e. The van der Waals surface area contributed by atoms with Crippen LogP contribution in [0.25, 0.3) is 53.9 Å². The predicted molar refractivity (Wildman–Crippen MR) is 243 cm³/mol. The van der Waals surface area contributed by atoms with Gasteiger partial charge in [0, 0.05) is 32.9 Å². The molecule has 0 radical (unpaired) electrons. The molecule has 0 aliphatic rings. The Labute approximate surface area is 329 Å². The van der Waals surface area contributed by atoms with Crippen molar-refractivity contribution in [3.63, 3.8) is 0 Å². The van der Waals surface area contributed by atoms with Gasteiger partial charge < -0.3 is 9.80 Å². The third kappa shape index (κ3) is 5.24. The van der Waals surface area contributed by atoms with E-state index in [1.165, 1.54) is 121 Å². The van der Waals surface area contributed by atoms with Gasteiger partial charge in [-0.25, -0.2) is 0 Å². The second-order valence-electron chi connectivity index (χ2n) is 15.7. The van der Waals surface area contributed by atoms with Gasteiger partial charge in [0.2, 0.25) is 0 Å². The maximum absolute atomic E-state index is 2.49. The molecule has 2 heteroatoms. The fourth-order valence-electron chi connectivity index (χ4n) is 9.07. The van der Waals surface area contributed by atoms with Crippen LogP contribution in [0.15, 0.2) is 158 Å². The van der Waals surface area contributed by atoms with Gasteiger partial charge in [0.15, 0.2) is 0 Å². The molecule has 0 aliphatic heterocycles. The van der Waals surface area contributed by atoms with Crippen molar-refractivity contribution >= 4 is 88.0 Å². The third-order valence-electron chi connectivity index (χ3n) is 12.5. The van der Waals surface area contributed by atoms with E-state index in [0.717, 1.165) is 0 Å². The highest BCUT2D eigenvalue weighted by atomic mass is 15.2. The summed E-state index contributed by atoms with van der Waals surface area (Å²) in [5, 5.41) is 12.5. The fraction of sp³-hybridized carbons (Fsp3) is 0.111.